The zero-order valence-electron chi connectivity index (χ0n) is 10.8. The van der Waals surface area contributed by atoms with Crippen LogP contribution in [0.2, 0.25) is 5.28 Å². The number of nitrogens with one attached hydrogen (secondary N) is 1. The van der Waals surface area contributed by atoms with E-state index in [1.54, 1.807) is 7.05 Å². The number of piperidine rings is 1. The zero-order valence-corrected chi connectivity index (χ0v) is 11.5. The van der Waals surface area contributed by atoms with Gasteiger partial charge < -0.3 is 16.0 Å². The summed E-state index contributed by atoms with van der Waals surface area (Å²) in [6.07, 6.45) is 2.26. The van der Waals surface area contributed by atoms with Crippen LogP contribution in [0.1, 0.15) is 19.3 Å². The Balaban J connectivity index is 2.01. The zero-order chi connectivity index (χ0) is 13.8. The maximum absolute atomic E-state index is 10.9. The van der Waals surface area contributed by atoms with Crippen LogP contribution in [0.3, 0.4) is 0 Å². The quantitative estimate of drug-likeness (QED) is 0.843. The van der Waals surface area contributed by atoms with Gasteiger partial charge in [-0.2, -0.15) is 15.0 Å². The molecule has 0 saturated carbocycles. The number of carbonyl (C=O) groups excluding carboxylic acids is 1. The normalized spacial score (nSPS) is 16.4. The van der Waals surface area contributed by atoms with Gasteiger partial charge in [0.2, 0.25) is 23.1 Å². The molecule has 1 aliphatic heterocycles. The highest BCUT2D eigenvalue weighted by molar-refractivity contribution is 6.28. The van der Waals surface area contributed by atoms with Gasteiger partial charge in [0.25, 0.3) is 0 Å². The predicted molar refractivity (Wildman–Crippen MR) is 73.1 cm³/mol. The van der Waals surface area contributed by atoms with Gasteiger partial charge in [0.15, 0.2) is 0 Å². The fourth-order valence-corrected chi connectivity index (χ4v) is 2.37. The van der Waals surface area contributed by atoms with Gasteiger partial charge in [0.05, 0.1) is 0 Å². The van der Waals surface area contributed by atoms with E-state index < -0.39 is 0 Å². The van der Waals surface area contributed by atoms with E-state index in [0.717, 1.165) is 25.9 Å². The third-order valence-corrected chi connectivity index (χ3v) is 3.38. The first-order valence-corrected chi connectivity index (χ1v) is 6.59. The Hall–Kier alpha value is -1.63. The molecule has 0 unspecified atom stereocenters. The second-order valence-corrected chi connectivity index (χ2v) is 4.92. The van der Waals surface area contributed by atoms with Crippen LogP contribution in [0.5, 0.6) is 0 Å². The molecule has 104 valence electrons. The van der Waals surface area contributed by atoms with Crippen LogP contribution < -0.4 is 16.0 Å². The van der Waals surface area contributed by atoms with Crippen molar-refractivity contribution in [3.63, 3.8) is 0 Å². The van der Waals surface area contributed by atoms with Gasteiger partial charge in [-0.1, -0.05) is 0 Å². The summed E-state index contributed by atoms with van der Waals surface area (Å²) in [6, 6.07) is 0. The van der Waals surface area contributed by atoms with Crippen molar-refractivity contribution >= 4 is 29.4 Å². The summed E-state index contributed by atoms with van der Waals surface area (Å²) in [5, 5.41) is 3.02. The molecule has 0 atom stereocenters. The minimum Gasteiger partial charge on any atom is -0.370 e. The number of hydrogen-bond acceptors (Lipinski definition) is 6. The SMILES string of the molecule is CNc1nc(Cl)nc(N2CCC(CC(N)=O)CC2)n1. The maximum Gasteiger partial charge on any atom is 0.231 e. The van der Waals surface area contributed by atoms with Gasteiger partial charge in [-0.3, -0.25) is 4.79 Å². The van der Waals surface area contributed by atoms with Crippen molar-refractivity contribution in [2.45, 2.75) is 19.3 Å². The van der Waals surface area contributed by atoms with E-state index in [1.165, 1.54) is 0 Å². The van der Waals surface area contributed by atoms with Gasteiger partial charge in [-0.15, -0.1) is 0 Å². The smallest absolute Gasteiger partial charge is 0.231 e. The molecule has 1 aromatic rings. The summed E-state index contributed by atoms with van der Waals surface area (Å²) in [5.74, 6) is 1.14. The second kappa shape index (κ2) is 6.01. The highest BCUT2D eigenvalue weighted by atomic mass is 35.5. The topological polar surface area (TPSA) is 97.0 Å². The molecule has 1 aliphatic rings. The van der Waals surface area contributed by atoms with E-state index in [0.29, 0.717) is 24.2 Å². The van der Waals surface area contributed by atoms with E-state index >= 15 is 0 Å². The molecule has 7 nitrogen and oxygen atoms in total. The third-order valence-electron chi connectivity index (χ3n) is 3.21. The van der Waals surface area contributed by atoms with Gasteiger partial charge >= 0.3 is 0 Å². The number of nitrogens with zero attached hydrogens (tertiary/aromatic N) is 4. The lowest BCUT2D eigenvalue weighted by Gasteiger charge is -2.31. The molecule has 19 heavy (non-hydrogen) atoms. The Labute approximate surface area is 116 Å². The number of nitrogens with two attached hydrogens (primary N) is 1. The van der Waals surface area contributed by atoms with Crippen LogP contribution >= 0.6 is 11.6 Å². The van der Waals surface area contributed by atoms with Crippen molar-refractivity contribution in [2.75, 3.05) is 30.4 Å². The molecule has 3 N–H and O–H groups in total. The van der Waals surface area contributed by atoms with Gasteiger partial charge in [-0.05, 0) is 30.4 Å². The molecule has 1 aromatic heterocycles. The third kappa shape index (κ3) is 3.66. The van der Waals surface area contributed by atoms with Gasteiger partial charge in [0, 0.05) is 26.6 Å². The van der Waals surface area contributed by atoms with E-state index in [9.17, 15) is 4.79 Å². The van der Waals surface area contributed by atoms with Crippen molar-refractivity contribution in [3.8, 4) is 0 Å². The van der Waals surface area contributed by atoms with Crippen molar-refractivity contribution in [2.24, 2.45) is 11.7 Å². The highest BCUT2D eigenvalue weighted by Crippen LogP contribution is 2.23. The molecular weight excluding hydrogens is 268 g/mol. The minimum atomic E-state index is -0.237. The van der Waals surface area contributed by atoms with Crippen LogP contribution in [-0.2, 0) is 4.79 Å². The standard InChI is InChI=1S/C11H17ClN6O/c1-14-10-15-9(12)16-11(17-10)18-4-2-7(3-5-18)6-8(13)19/h7H,2-6H2,1H3,(H2,13,19)(H,14,15,16,17). The molecule has 2 heterocycles. The number of rotatable bonds is 4. The van der Waals surface area contributed by atoms with E-state index in [1.807, 2.05) is 4.90 Å². The molecule has 0 aliphatic carbocycles. The average molecular weight is 285 g/mol. The second-order valence-electron chi connectivity index (χ2n) is 4.58. The van der Waals surface area contributed by atoms with E-state index in [4.69, 9.17) is 17.3 Å². The molecule has 1 amide bonds. The first-order chi connectivity index (χ1) is 9.08. The number of hydrogen-bond donors (Lipinski definition) is 2. The molecule has 8 heteroatoms. The molecule has 0 aromatic carbocycles. The molecule has 1 fully saturated rings. The van der Waals surface area contributed by atoms with Crippen LogP contribution in [0, 0.1) is 5.92 Å². The fraction of sp³-hybridized carbons (Fsp3) is 0.636. The van der Waals surface area contributed by atoms with Gasteiger partial charge in [-0.25, -0.2) is 0 Å². The molecular formula is C11H17ClN6O. The van der Waals surface area contributed by atoms with Crippen molar-refractivity contribution in [1.29, 1.82) is 0 Å². The van der Waals surface area contributed by atoms with Crippen molar-refractivity contribution < 1.29 is 4.79 Å². The molecule has 0 bridgehead atoms. The van der Waals surface area contributed by atoms with Crippen molar-refractivity contribution in [1.82, 2.24) is 15.0 Å². The summed E-state index contributed by atoms with van der Waals surface area (Å²) in [7, 11) is 1.73. The largest absolute Gasteiger partial charge is 0.370 e. The lowest BCUT2D eigenvalue weighted by atomic mass is 9.93. The highest BCUT2D eigenvalue weighted by Gasteiger charge is 2.22. The van der Waals surface area contributed by atoms with Crippen LogP contribution in [0.15, 0.2) is 0 Å². The van der Waals surface area contributed by atoms with Crippen molar-refractivity contribution in [3.05, 3.63) is 5.28 Å². The maximum atomic E-state index is 10.9. The lowest BCUT2D eigenvalue weighted by molar-refractivity contribution is -0.119. The lowest BCUT2D eigenvalue weighted by Crippen LogP contribution is -2.36. The number of carbonyl (C=O) groups is 1. The monoisotopic (exact) mass is 284 g/mol. The van der Waals surface area contributed by atoms with E-state index in [2.05, 4.69) is 20.3 Å². The van der Waals surface area contributed by atoms with Crippen LogP contribution in [-0.4, -0.2) is 41.0 Å². The Morgan fingerprint density at radius 1 is 1.42 bits per heavy atom. The molecule has 0 spiro atoms. The first-order valence-electron chi connectivity index (χ1n) is 6.21. The number of amides is 1. The number of primary amides is 1. The Morgan fingerprint density at radius 2 is 2.11 bits per heavy atom. The minimum absolute atomic E-state index is 0.175. The van der Waals surface area contributed by atoms with Gasteiger partial charge in [0.1, 0.15) is 0 Å². The Kier molecular flexibility index (Phi) is 4.36. The van der Waals surface area contributed by atoms with E-state index in [-0.39, 0.29) is 11.2 Å². The summed E-state index contributed by atoms with van der Waals surface area (Å²) in [5.41, 5.74) is 5.22. The predicted octanol–water partition coefficient (Wildman–Crippen LogP) is 0.658. The van der Waals surface area contributed by atoms with Crippen LogP contribution in [0.4, 0.5) is 11.9 Å². The summed E-state index contributed by atoms with van der Waals surface area (Å²) < 4.78 is 0. The number of halogens is 1. The Bertz CT molecular complexity index is 460. The summed E-state index contributed by atoms with van der Waals surface area (Å²) in [6.45, 7) is 1.59. The number of anilines is 2. The average Bonchev–Trinajstić information content (AvgIpc) is 2.38. The van der Waals surface area contributed by atoms with Crippen LogP contribution in [0.25, 0.3) is 0 Å². The number of aromatic nitrogens is 3. The molecule has 1 saturated heterocycles. The molecule has 0 radical (unpaired) electrons. The summed E-state index contributed by atoms with van der Waals surface area (Å²) >= 11 is 5.86. The molecule has 2 rings (SSSR count). The first kappa shape index (κ1) is 13.8. The summed E-state index contributed by atoms with van der Waals surface area (Å²) in [4.78, 5) is 25.3. The Morgan fingerprint density at radius 3 is 2.68 bits per heavy atom. The fourth-order valence-electron chi connectivity index (χ4n) is 2.21.